The van der Waals surface area contributed by atoms with Crippen molar-refractivity contribution in [1.29, 1.82) is 0 Å². The van der Waals surface area contributed by atoms with Crippen molar-refractivity contribution in [2.75, 3.05) is 20.2 Å². The number of unbranched alkanes of at least 4 members (excludes halogenated alkanes) is 1. The molecule has 5 heteroatoms. The van der Waals surface area contributed by atoms with Gasteiger partial charge in [0.25, 0.3) is 0 Å². The van der Waals surface area contributed by atoms with Crippen LogP contribution in [0, 0.1) is 0 Å². The van der Waals surface area contributed by atoms with Gasteiger partial charge >= 0.3 is 0 Å². The van der Waals surface area contributed by atoms with E-state index in [2.05, 4.69) is 22.7 Å². The minimum Gasteiger partial charge on any atom is -0.497 e. The number of carbonyl (C=O) groups is 1. The maximum Gasteiger partial charge on any atom is 0.227 e. The lowest BCUT2D eigenvalue weighted by atomic mass is 9.96. The summed E-state index contributed by atoms with van der Waals surface area (Å²) in [7, 11) is 1.65. The molecule has 1 aliphatic rings. The highest BCUT2D eigenvalue weighted by Crippen LogP contribution is 2.26. The lowest BCUT2D eigenvalue weighted by molar-refractivity contribution is -0.131. The third kappa shape index (κ3) is 4.45. The predicted octanol–water partition coefficient (Wildman–Crippen LogP) is 3.64. The quantitative estimate of drug-likeness (QED) is 0.762. The topological polar surface area (TPSA) is 47.4 Å². The van der Waals surface area contributed by atoms with Crippen molar-refractivity contribution < 1.29 is 9.53 Å². The van der Waals surface area contributed by atoms with E-state index in [1.807, 2.05) is 35.4 Å². The molecular weight excluding hydrogens is 326 g/mol. The van der Waals surface area contributed by atoms with Crippen LogP contribution in [0.25, 0.3) is 0 Å². The van der Waals surface area contributed by atoms with E-state index in [1.165, 1.54) is 6.42 Å². The van der Waals surface area contributed by atoms with Gasteiger partial charge in [-0.2, -0.15) is 0 Å². The van der Waals surface area contributed by atoms with Crippen LogP contribution in [0.2, 0.25) is 0 Å². The molecule has 1 saturated heterocycles. The number of nitrogens with zero attached hydrogens (tertiary/aromatic N) is 3. The van der Waals surface area contributed by atoms with Crippen molar-refractivity contribution in [3.05, 3.63) is 48.0 Å². The van der Waals surface area contributed by atoms with E-state index in [1.54, 1.807) is 7.11 Å². The molecule has 0 saturated carbocycles. The molecule has 0 spiro atoms. The second-order valence-corrected chi connectivity index (χ2v) is 7.04. The summed E-state index contributed by atoms with van der Waals surface area (Å²) in [6.07, 6.45) is 8.86. The van der Waals surface area contributed by atoms with Gasteiger partial charge in [-0.15, -0.1) is 0 Å². The Kier molecular flexibility index (Phi) is 6.31. The van der Waals surface area contributed by atoms with E-state index in [0.29, 0.717) is 12.3 Å². The third-order valence-corrected chi connectivity index (χ3v) is 5.13. The van der Waals surface area contributed by atoms with Gasteiger partial charge in [0.1, 0.15) is 11.6 Å². The van der Waals surface area contributed by atoms with Crippen LogP contribution in [0.4, 0.5) is 0 Å². The molecule has 0 aliphatic carbocycles. The highest BCUT2D eigenvalue weighted by Gasteiger charge is 2.27. The molecule has 1 fully saturated rings. The Labute approximate surface area is 156 Å². The Morgan fingerprint density at radius 2 is 2.27 bits per heavy atom. The first kappa shape index (κ1) is 18.5. The van der Waals surface area contributed by atoms with E-state index in [0.717, 1.165) is 56.0 Å². The summed E-state index contributed by atoms with van der Waals surface area (Å²) in [5.74, 6) is 2.46. The molecule has 1 aromatic heterocycles. The Morgan fingerprint density at radius 1 is 1.38 bits per heavy atom. The van der Waals surface area contributed by atoms with Crippen LogP contribution < -0.4 is 4.74 Å². The number of imidazole rings is 1. The molecule has 0 radical (unpaired) electrons. The van der Waals surface area contributed by atoms with Gasteiger partial charge in [0.05, 0.1) is 13.5 Å². The van der Waals surface area contributed by atoms with Crippen molar-refractivity contribution >= 4 is 5.91 Å². The van der Waals surface area contributed by atoms with Gasteiger partial charge < -0.3 is 14.2 Å². The molecule has 1 atom stereocenters. The second-order valence-electron chi connectivity index (χ2n) is 7.04. The minimum atomic E-state index is 0.189. The van der Waals surface area contributed by atoms with Gasteiger partial charge in [0.2, 0.25) is 5.91 Å². The molecule has 0 unspecified atom stereocenters. The number of methoxy groups -OCH3 is 1. The first-order valence-electron chi connectivity index (χ1n) is 9.63. The summed E-state index contributed by atoms with van der Waals surface area (Å²) in [5.41, 5.74) is 1.00. The highest BCUT2D eigenvalue weighted by atomic mass is 16.5. The van der Waals surface area contributed by atoms with Gasteiger partial charge in [-0.1, -0.05) is 25.5 Å². The minimum absolute atomic E-state index is 0.189. The van der Waals surface area contributed by atoms with Crippen LogP contribution in [-0.4, -0.2) is 40.6 Å². The third-order valence-electron chi connectivity index (χ3n) is 5.13. The van der Waals surface area contributed by atoms with Crippen LogP contribution in [0.15, 0.2) is 36.7 Å². The van der Waals surface area contributed by atoms with Crippen LogP contribution in [-0.2, 0) is 17.8 Å². The number of piperidine rings is 1. The summed E-state index contributed by atoms with van der Waals surface area (Å²) in [6, 6.07) is 7.77. The largest absolute Gasteiger partial charge is 0.497 e. The molecule has 2 heterocycles. The molecule has 3 rings (SSSR count). The van der Waals surface area contributed by atoms with Crippen LogP contribution in [0.1, 0.15) is 49.9 Å². The standard InChI is InChI=1S/C21H29N3O2/c1-3-4-11-23-13-10-22-21(23)18-8-6-12-24(16-18)20(25)15-17-7-5-9-19(14-17)26-2/h5,7,9-10,13-14,18H,3-4,6,8,11-12,15-16H2,1-2H3/t18-/m0/s1. The van der Waals surface area contributed by atoms with Crippen molar-refractivity contribution in [3.8, 4) is 5.75 Å². The van der Waals surface area contributed by atoms with Gasteiger partial charge in [0, 0.05) is 37.9 Å². The Morgan fingerprint density at radius 3 is 3.08 bits per heavy atom. The first-order chi connectivity index (χ1) is 12.7. The van der Waals surface area contributed by atoms with Crippen molar-refractivity contribution in [2.24, 2.45) is 0 Å². The highest BCUT2D eigenvalue weighted by molar-refractivity contribution is 5.79. The Balaban J connectivity index is 1.64. The lowest BCUT2D eigenvalue weighted by Crippen LogP contribution is -2.40. The SMILES string of the molecule is CCCCn1ccnc1[C@H]1CCCN(C(=O)Cc2cccc(OC)c2)C1. The van der Waals surface area contributed by atoms with E-state index in [9.17, 15) is 4.79 Å². The zero-order chi connectivity index (χ0) is 18.4. The number of hydrogen-bond donors (Lipinski definition) is 0. The summed E-state index contributed by atoms with van der Waals surface area (Å²) in [6.45, 7) is 4.83. The Hall–Kier alpha value is -2.30. The fourth-order valence-electron chi connectivity index (χ4n) is 3.68. The number of ether oxygens (including phenoxy) is 1. The summed E-state index contributed by atoms with van der Waals surface area (Å²) < 4.78 is 7.53. The van der Waals surface area contributed by atoms with Gasteiger partial charge in [0.15, 0.2) is 0 Å². The van der Waals surface area contributed by atoms with E-state index >= 15 is 0 Å². The average Bonchev–Trinajstić information content (AvgIpc) is 3.15. The predicted molar refractivity (Wildman–Crippen MR) is 102 cm³/mol. The number of carbonyl (C=O) groups excluding carboxylic acids is 1. The summed E-state index contributed by atoms with van der Waals surface area (Å²) in [5, 5.41) is 0. The van der Waals surface area contributed by atoms with Crippen molar-refractivity contribution in [2.45, 2.75) is 51.5 Å². The number of hydrogen-bond acceptors (Lipinski definition) is 3. The zero-order valence-corrected chi connectivity index (χ0v) is 15.9. The van der Waals surface area contributed by atoms with Crippen molar-refractivity contribution in [3.63, 3.8) is 0 Å². The molecule has 0 bridgehead atoms. The van der Waals surface area contributed by atoms with Crippen molar-refractivity contribution in [1.82, 2.24) is 14.5 Å². The maximum atomic E-state index is 12.8. The fourth-order valence-corrected chi connectivity index (χ4v) is 3.68. The Bertz CT molecular complexity index is 726. The molecule has 5 nitrogen and oxygen atoms in total. The number of aryl methyl sites for hydroxylation is 1. The van der Waals surface area contributed by atoms with E-state index in [-0.39, 0.29) is 5.91 Å². The number of likely N-dealkylation sites (tertiary alicyclic amines) is 1. The maximum absolute atomic E-state index is 12.8. The normalized spacial score (nSPS) is 17.3. The molecule has 26 heavy (non-hydrogen) atoms. The number of rotatable bonds is 7. The molecule has 1 aromatic carbocycles. The second kappa shape index (κ2) is 8.88. The van der Waals surface area contributed by atoms with Gasteiger partial charge in [-0.3, -0.25) is 4.79 Å². The molecule has 1 amide bonds. The molecular formula is C21H29N3O2. The number of aromatic nitrogens is 2. The fraction of sp³-hybridized carbons (Fsp3) is 0.524. The molecule has 140 valence electrons. The van der Waals surface area contributed by atoms with Crippen LogP contribution >= 0.6 is 0 Å². The first-order valence-corrected chi connectivity index (χ1v) is 9.63. The average molecular weight is 355 g/mol. The van der Waals surface area contributed by atoms with Crippen LogP contribution in [0.3, 0.4) is 0 Å². The van der Waals surface area contributed by atoms with Crippen LogP contribution in [0.5, 0.6) is 5.75 Å². The zero-order valence-electron chi connectivity index (χ0n) is 15.9. The summed E-state index contributed by atoms with van der Waals surface area (Å²) in [4.78, 5) is 19.4. The van der Waals surface area contributed by atoms with E-state index < -0.39 is 0 Å². The smallest absolute Gasteiger partial charge is 0.227 e. The monoisotopic (exact) mass is 355 g/mol. The molecule has 1 aliphatic heterocycles. The summed E-state index contributed by atoms with van der Waals surface area (Å²) >= 11 is 0. The lowest BCUT2D eigenvalue weighted by Gasteiger charge is -2.33. The molecule has 0 N–H and O–H groups in total. The molecule has 2 aromatic rings. The number of amides is 1. The van der Waals surface area contributed by atoms with Gasteiger partial charge in [-0.05, 0) is 37.0 Å². The van der Waals surface area contributed by atoms with Gasteiger partial charge in [-0.25, -0.2) is 4.98 Å². The van der Waals surface area contributed by atoms with E-state index in [4.69, 9.17) is 4.74 Å². The number of benzene rings is 1.